The van der Waals surface area contributed by atoms with Gasteiger partial charge in [0, 0.05) is 18.1 Å². The predicted molar refractivity (Wildman–Crippen MR) is 60.1 cm³/mol. The number of hydrogen-bond donors (Lipinski definition) is 2. The molecule has 1 heterocycles. The van der Waals surface area contributed by atoms with Crippen molar-refractivity contribution in [3.8, 4) is 0 Å². The summed E-state index contributed by atoms with van der Waals surface area (Å²) in [6, 6.07) is 3.31. The molecule has 1 aromatic rings. The van der Waals surface area contributed by atoms with Crippen LogP contribution >= 0.6 is 0 Å². The number of nitrogens with one attached hydrogen (secondary N) is 1. The molecule has 0 aromatic carbocycles. The molecule has 5 heteroatoms. The largest absolute Gasteiger partial charge is 0.369 e. The molecule has 85 valence electrons. The van der Waals surface area contributed by atoms with Gasteiger partial charge >= 0.3 is 0 Å². The maximum absolute atomic E-state index is 11.5. The first-order valence-electron chi connectivity index (χ1n) is 4.78. The predicted octanol–water partition coefficient (Wildman–Crippen LogP) is 0.736. The van der Waals surface area contributed by atoms with E-state index in [0.29, 0.717) is 5.69 Å². The van der Waals surface area contributed by atoms with Crippen LogP contribution in [0, 0.1) is 11.8 Å². The number of aromatic nitrogens is 1. The number of primary amides is 1. The third kappa shape index (κ3) is 3.34. The monoisotopic (exact) mass is 220 g/mol. The quantitative estimate of drug-likeness (QED) is 0.784. The average molecular weight is 220 g/mol. The SMILES string of the molecule is CC(C)([CH]C(=O)Nc1ccncc1)C(N)=O. The summed E-state index contributed by atoms with van der Waals surface area (Å²) < 4.78 is 0. The summed E-state index contributed by atoms with van der Waals surface area (Å²) in [5, 5.41) is 2.61. The van der Waals surface area contributed by atoms with E-state index in [4.69, 9.17) is 5.73 Å². The van der Waals surface area contributed by atoms with Crippen molar-refractivity contribution >= 4 is 17.5 Å². The first-order valence-corrected chi connectivity index (χ1v) is 4.78. The zero-order chi connectivity index (χ0) is 12.2. The van der Waals surface area contributed by atoms with Crippen molar-refractivity contribution in [2.75, 3.05) is 5.32 Å². The van der Waals surface area contributed by atoms with Crippen molar-refractivity contribution in [1.29, 1.82) is 0 Å². The summed E-state index contributed by atoms with van der Waals surface area (Å²) in [5.41, 5.74) is 4.81. The Bertz CT molecular complexity index is 387. The molecule has 0 aliphatic heterocycles. The van der Waals surface area contributed by atoms with Gasteiger partial charge in [-0.1, -0.05) is 13.8 Å². The minimum absolute atomic E-state index is 0.366. The first kappa shape index (κ1) is 12.2. The van der Waals surface area contributed by atoms with Gasteiger partial charge in [0.15, 0.2) is 0 Å². The van der Waals surface area contributed by atoms with Gasteiger partial charge in [-0.15, -0.1) is 0 Å². The van der Waals surface area contributed by atoms with Gasteiger partial charge in [-0.05, 0) is 12.1 Å². The van der Waals surface area contributed by atoms with Crippen molar-refractivity contribution < 1.29 is 9.59 Å². The number of nitrogens with two attached hydrogens (primary N) is 1. The van der Waals surface area contributed by atoms with Gasteiger partial charge in [-0.25, -0.2) is 0 Å². The number of rotatable bonds is 4. The molecule has 1 aromatic heterocycles. The molecule has 0 spiro atoms. The lowest BCUT2D eigenvalue weighted by Gasteiger charge is -2.18. The Kier molecular flexibility index (Phi) is 3.60. The Morgan fingerprint density at radius 1 is 1.38 bits per heavy atom. The molecule has 2 amide bonds. The molecule has 0 aliphatic rings. The van der Waals surface area contributed by atoms with Crippen LogP contribution in [0.4, 0.5) is 5.69 Å². The van der Waals surface area contributed by atoms with Gasteiger partial charge in [0.1, 0.15) is 0 Å². The maximum atomic E-state index is 11.5. The molecule has 0 saturated heterocycles. The lowest BCUT2D eigenvalue weighted by Crippen LogP contribution is -2.35. The molecule has 0 bridgehead atoms. The van der Waals surface area contributed by atoms with Gasteiger partial charge in [0.05, 0.1) is 11.8 Å². The molecule has 0 atom stereocenters. The Labute approximate surface area is 94.1 Å². The molecule has 1 rings (SSSR count). The highest BCUT2D eigenvalue weighted by Gasteiger charge is 2.28. The van der Waals surface area contributed by atoms with Crippen LogP contribution in [0.25, 0.3) is 0 Å². The van der Waals surface area contributed by atoms with E-state index in [2.05, 4.69) is 10.3 Å². The van der Waals surface area contributed by atoms with Crippen LogP contribution in [0.5, 0.6) is 0 Å². The standard InChI is InChI=1S/C11H14N3O2/c1-11(2,10(12)16)7-9(15)14-8-3-5-13-6-4-8/h3-7H,1-2H3,(H2,12,16)(H,13,14,15). The third-order valence-corrected chi connectivity index (χ3v) is 2.07. The fraction of sp³-hybridized carbons (Fsp3) is 0.273. The summed E-state index contributed by atoms with van der Waals surface area (Å²) in [7, 11) is 0. The second-order valence-corrected chi connectivity index (χ2v) is 3.96. The van der Waals surface area contributed by atoms with Crippen LogP contribution in [-0.4, -0.2) is 16.8 Å². The van der Waals surface area contributed by atoms with Gasteiger partial charge in [0.2, 0.25) is 11.8 Å². The molecule has 5 nitrogen and oxygen atoms in total. The van der Waals surface area contributed by atoms with E-state index < -0.39 is 11.3 Å². The lowest BCUT2D eigenvalue weighted by molar-refractivity contribution is -0.127. The van der Waals surface area contributed by atoms with Crippen molar-refractivity contribution in [1.82, 2.24) is 4.98 Å². The van der Waals surface area contributed by atoms with Crippen molar-refractivity contribution in [3.63, 3.8) is 0 Å². The van der Waals surface area contributed by atoms with Gasteiger partial charge < -0.3 is 11.1 Å². The minimum Gasteiger partial charge on any atom is -0.369 e. The first-order chi connectivity index (χ1) is 7.42. The van der Waals surface area contributed by atoms with Crippen LogP contribution in [0.1, 0.15) is 13.8 Å². The van der Waals surface area contributed by atoms with E-state index in [0.717, 1.165) is 0 Å². The molecule has 0 saturated carbocycles. The van der Waals surface area contributed by atoms with E-state index in [1.807, 2.05) is 0 Å². The van der Waals surface area contributed by atoms with Gasteiger partial charge in [-0.3, -0.25) is 14.6 Å². The van der Waals surface area contributed by atoms with E-state index in [-0.39, 0.29) is 5.91 Å². The number of pyridine rings is 1. The Hall–Kier alpha value is -1.91. The van der Waals surface area contributed by atoms with Crippen LogP contribution < -0.4 is 11.1 Å². The molecular weight excluding hydrogens is 206 g/mol. The highest BCUT2D eigenvalue weighted by atomic mass is 16.2. The van der Waals surface area contributed by atoms with Crippen LogP contribution in [-0.2, 0) is 9.59 Å². The van der Waals surface area contributed by atoms with Crippen molar-refractivity contribution in [2.24, 2.45) is 11.1 Å². The highest BCUT2D eigenvalue weighted by molar-refractivity contribution is 6.01. The number of carbonyl (C=O) groups excluding carboxylic acids is 2. The normalized spacial score (nSPS) is 10.9. The Morgan fingerprint density at radius 2 is 1.94 bits per heavy atom. The lowest BCUT2D eigenvalue weighted by atomic mass is 9.88. The van der Waals surface area contributed by atoms with Crippen molar-refractivity contribution in [2.45, 2.75) is 13.8 Å². The number of anilines is 1. The number of carbonyl (C=O) groups is 2. The summed E-state index contributed by atoms with van der Waals surface area (Å²) >= 11 is 0. The van der Waals surface area contributed by atoms with Crippen LogP contribution in [0.15, 0.2) is 24.5 Å². The summed E-state index contributed by atoms with van der Waals surface area (Å²) in [6.45, 7) is 3.17. The summed E-state index contributed by atoms with van der Waals surface area (Å²) in [4.78, 5) is 26.4. The fourth-order valence-corrected chi connectivity index (χ4v) is 1.01. The number of nitrogens with zero attached hydrogens (tertiary/aromatic N) is 1. The molecule has 0 fully saturated rings. The second kappa shape index (κ2) is 4.74. The van der Waals surface area contributed by atoms with E-state index in [1.54, 1.807) is 38.4 Å². The average Bonchev–Trinajstić information content (AvgIpc) is 2.17. The fourth-order valence-electron chi connectivity index (χ4n) is 1.01. The zero-order valence-electron chi connectivity index (χ0n) is 9.23. The molecule has 16 heavy (non-hydrogen) atoms. The molecule has 1 radical (unpaired) electrons. The topological polar surface area (TPSA) is 85.1 Å². The summed E-state index contributed by atoms with van der Waals surface area (Å²) in [6.07, 6.45) is 4.39. The highest BCUT2D eigenvalue weighted by Crippen LogP contribution is 2.19. The minimum atomic E-state index is -0.961. The third-order valence-electron chi connectivity index (χ3n) is 2.07. The van der Waals surface area contributed by atoms with E-state index in [1.165, 1.54) is 6.42 Å². The molecule has 0 unspecified atom stereocenters. The van der Waals surface area contributed by atoms with Gasteiger partial charge in [0.25, 0.3) is 0 Å². The van der Waals surface area contributed by atoms with E-state index in [9.17, 15) is 9.59 Å². The van der Waals surface area contributed by atoms with Gasteiger partial charge in [-0.2, -0.15) is 0 Å². The molecule has 3 N–H and O–H groups in total. The molecular formula is C11H14N3O2. The zero-order valence-corrected chi connectivity index (χ0v) is 9.23. The number of amides is 2. The van der Waals surface area contributed by atoms with Crippen LogP contribution in [0.2, 0.25) is 0 Å². The Balaban J connectivity index is 2.58. The van der Waals surface area contributed by atoms with Crippen LogP contribution in [0.3, 0.4) is 0 Å². The number of hydrogen-bond acceptors (Lipinski definition) is 3. The second-order valence-electron chi connectivity index (χ2n) is 3.96. The van der Waals surface area contributed by atoms with Crippen molar-refractivity contribution in [3.05, 3.63) is 30.9 Å². The summed E-state index contributed by atoms with van der Waals surface area (Å²) in [5.74, 6) is -0.910. The molecule has 0 aliphatic carbocycles. The Morgan fingerprint density at radius 3 is 2.44 bits per heavy atom. The maximum Gasteiger partial charge on any atom is 0.229 e. The smallest absolute Gasteiger partial charge is 0.229 e. The van der Waals surface area contributed by atoms with E-state index >= 15 is 0 Å².